The number of anilines is 2. The number of nitrogens with one attached hydrogen (secondary N) is 1. The molecule has 0 saturated carbocycles. The van der Waals surface area contributed by atoms with E-state index >= 15 is 0 Å². The predicted molar refractivity (Wildman–Crippen MR) is 139 cm³/mol. The standard InChI is InChI=1S/C27H25N7O2/c1-3-17-9-12-29-22(15-17)31-26(36)19-7-5-18(6-8-19)25-32-24(21-10-13-30-27(28)34(21)25)20-11-14-33(16-20)23(35)4-2/h3-10,12-13,15,20H,1-2,11,14,16H2,(H2,28,30)(H,29,31,36). The van der Waals surface area contributed by atoms with E-state index in [1.807, 2.05) is 28.7 Å². The van der Waals surface area contributed by atoms with Crippen molar-refractivity contribution in [3.63, 3.8) is 0 Å². The van der Waals surface area contributed by atoms with E-state index in [0.29, 0.717) is 36.2 Å². The molecule has 1 aromatic carbocycles. The molecule has 5 rings (SSSR count). The Hall–Kier alpha value is -4.79. The van der Waals surface area contributed by atoms with Gasteiger partial charge in [0.25, 0.3) is 5.91 Å². The third kappa shape index (κ3) is 4.22. The number of rotatable bonds is 6. The van der Waals surface area contributed by atoms with E-state index in [-0.39, 0.29) is 17.7 Å². The van der Waals surface area contributed by atoms with Gasteiger partial charge in [0, 0.05) is 42.5 Å². The summed E-state index contributed by atoms with van der Waals surface area (Å²) < 4.78 is 1.81. The first kappa shape index (κ1) is 23.0. The van der Waals surface area contributed by atoms with Crippen LogP contribution in [0.4, 0.5) is 11.8 Å². The van der Waals surface area contributed by atoms with Crippen LogP contribution < -0.4 is 11.1 Å². The minimum absolute atomic E-state index is 0.0725. The molecule has 2 amide bonds. The minimum atomic E-state index is -0.275. The maximum atomic E-state index is 12.7. The van der Waals surface area contributed by atoms with E-state index in [2.05, 4.69) is 28.4 Å². The summed E-state index contributed by atoms with van der Waals surface area (Å²) in [4.78, 5) is 40.0. The molecule has 0 radical (unpaired) electrons. The molecule has 180 valence electrons. The molecule has 1 aliphatic rings. The molecule has 1 aliphatic heterocycles. The normalized spacial score (nSPS) is 15.1. The number of hydrogen-bond donors (Lipinski definition) is 2. The van der Waals surface area contributed by atoms with Crippen LogP contribution in [0.15, 0.2) is 74.1 Å². The van der Waals surface area contributed by atoms with Crippen LogP contribution >= 0.6 is 0 Å². The number of carbonyl (C=O) groups excluding carboxylic acids is 2. The Kier molecular flexibility index (Phi) is 6.03. The van der Waals surface area contributed by atoms with Crippen molar-refractivity contribution >= 4 is 35.2 Å². The molecule has 3 aromatic heterocycles. The fraction of sp³-hybridized carbons (Fsp3) is 0.148. The summed E-state index contributed by atoms with van der Waals surface area (Å²) >= 11 is 0. The largest absolute Gasteiger partial charge is 0.369 e. The summed E-state index contributed by atoms with van der Waals surface area (Å²) in [5.41, 5.74) is 10.1. The van der Waals surface area contributed by atoms with Crippen LogP contribution in [0.25, 0.3) is 23.0 Å². The van der Waals surface area contributed by atoms with Crippen molar-refractivity contribution < 1.29 is 9.59 Å². The van der Waals surface area contributed by atoms with Crippen molar-refractivity contribution in [2.45, 2.75) is 12.3 Å². The van der Waals surface area contributed by atoms with Crippen LogP contribution in [-0.4, -0.2) is 49.2 Å². The van der Waals surface area contributed by atoms with Gasteiger partial charge >= 0.3 is 0 Å². The van der Waals surface area contributed by atoms with Gasteiger partial charge in [0.1, 0.15) is 11.6 Å². The minimum Gasteiger partial charge on any atom is -0.369 e. The fourth-order valence-electron chi connectivity index (χ4n) is 4.49. The number of amides is 2. The average Bonchev–Trinajstić information content (AvgIpc) is 3.54. The van der Waals surface area contributed by atoms with Crippen molar-refractivity contribution in [3.8, 4) is 11.4 Å². The lowest BCUT2D eigenvalue weighted by atomic mass is 10.0. The second-order valence-corrected chi connectivity index (χ2v) is 8.53. The van der Waals surface area contributed by atoms with Gasteiger partial charge in [-0.15, -0.1) is 0 Å². The molecule has 1 atom stereocenters. The molecule has 1 unspecified atom stereocenters. The van der Waals surface area contributed by atoms with Crippen LogP contribution in [-0.2, 0) is 4.79 Å². The Morgan fingerprint density at radius 1 is 1.08 bits per heavy atom. The highest BCUT2D eigenvalue weighted by atomic mass is 16.2. The smallest absolute Gasteiger partial charge is 0.256 e. The first-order chi connectivity index (χ1) is 17.5. The molecule has 3 N–H and O–H groups in total. The van der Waals surface area contributed by atoms with E-state index in [9.17, 15) is 9.59 Å². The molecular formula is C27H25N7O2. The van der Waals surface area contributed by atoms with E-state index in [0.717, 1.165) is 28.8 Å². The molecule has 0 spiro atoms. The summed E-state index contributed by atoms with van der Waals surface area (Å²) in [6, 6.07) is 12.6. The molecule has 4 heterocycles. The zero-order valence-corrected chi connectivity index (χ0v) is 19.6. The lowest BCUT2D eigenvalue weighted by molar-refractivity contribution is -0.125. The summed E-state index contributed by atoms with van der Waals surface area (Å²) in [5, 5.41) is 2.80. The van der Waals surface area contributed by atoms with Crippen molar-refractivity contribution in [3.05, 3.63) is 90.9 Å². The number of hydrogen-bond acceptors (Lipinski definition) is 6. The monoisotopic (exact) mass is 479 g/mol. The van der Waals surface area contributed by atoms with Gasteiger partial charge in [0.2, 0.25) is 11.9 Å². The summed E-state index contributed by atoms with van der Waals surface area (Å²) in [5.74, 6) is 1.11. The maximum Gasteiger partial charge on any atom is 0.256 e. The van der Waals surface area contributed by atoms with E-state index in [4.69, 9.17) is 10.7 Å². The number of pyridine rings is 1. The topological polar surface area (TPSA) is 119 Å². The summed E-state index contributed by atoms with van der Waals surface area (Å²) in [6.07, 6.45) is 7.10. The van der Waals surface area contributed by atoms with E-state index < -0.39 is 0 Å². The van der Waals surface area contributed by atoms with Gasteiger partial charge in [-0.05, 0) is 48.4 Å². The first-order valence-corrected chi connectivity index (χ1v) is 11.5. The molecule has 1 fully saturated rings. The molecular weight excluding hydrogens is 454 g/mol. The molecule has 36 heavy (non-hydrogen) atoms. The van der Waals surface area contributed by atoms with E-state index in [1.165, 1.54) is 6.08 Å². The Balaban J connectivity index is 1.44. The number of nitrogen functional groups attached to an aromatic ring is 1. The van der Waals surface area contributed by atoms with Gasteiger partial charge in [-0.3, -0.25) is 14.0 Å². The Bertz CT molecular complexity index is 1490. The Morgan fingerprint density at radius 2 is 1.86 bits per heavy atom. The van der Waals surface area contributed by atoms with Crippen molar-refractivity contribution in [1.29, 1.82) is 0 Å². The predicted octanol–water partition coefficient (Wildman–Crippen LogP) is 3.77. The van der Waals surface area contributed by atoms with Gasteiger partial charge in [-0.25, -0.2) is 15.0 Å². The third-order valence-electron chi connectivity index (χ3n) is 6.34. The zero-order valence-electron chi connectivity index (χ0n) is 19.6. The highest BCUT2D eigenvalue weighted by Gasteiger charge is 2.30. The van der Waals surface area contributed by atoms with Gasteiger partial charge < -0.3 is 16.0 Å². The lowest BCUT2D eigenvalue weighted by Gasteiger charge is -2.13. The SMILES string of the molecule is C=CC(=O)N1CCC(c2nc(-c3ccc(C(=O)Nc4cc(C=C)ccn4)cc3)n3c(N)nccc23)C1. The molecule has 9 nitrogen and oxygen atoms in total. The Labute approximate surface area is 208 Å². The van der Waals surface area contributed by atoms with Crippen LogP contribution in [0, 0.1) is 0 Å². The van der Waals surface area contributed by atoms with Gasteiger partial charge in [0.15, 0.2) is 0 Å². The van der Waals surface area contributed by atoms with E-state index in [1.54, 1.807) is 41.6 Å². The number of nitrogens with zero attached hydrogens (tertiary/aromatic N) is 5. The highest BCUT2D eigenvalue weighted by molar-refractivity contribution is 6.04. The van der Waals surface area contributed by atoms with Crippen LogP contribution in [0.3, 0.4) is 0 Å². The number of fused-ring (bicyclic) bond motifs is 1. The zero-order chi connectivity index (χ0) is 25.2. The number of imidazole rings is 1. The molecule has 1 saturated heterocycles. The molecule has 4 aromatic rings. The number of carbonyl (C=O) groups is 2. The quantitative estimate of drug-likeness (QED) is 0.407. The number of aromatic nitrogens is 4. The second-order valence-electron chi connectivity index (χ2n) is 8.53. The van der Waals surface area contributed by atoms with Crippen molar-refractivity contribution in [2.75, 3.05) is 24.1 Å². The fourth-order valence-corrected chi connectivity index (χ4v) is 4.49. The second kappa shape index (κ2) is 9.46. The lowest BCUT2D eigenvalue weighted by Crippen LogP contribution is -2.26. The third-order valence-corrected chi connectivity index (χ3v) is 6.34. The van der Waals surface area contributed by atoms with Gasteiger partial charge in [0.05, 0.1) is 11.2 Å². The number of benzene rings is 1. The van der Waals surface area contributed by atoms with Crippen molar-refractivity contribution in [1.82, 2.24) is 24.3 Å². The summed E-state index contributed by atoms with van der Waals surface area (Å²) in [7, 11) is 0. The van der Waals surface area contributed by atoms with Crippen LogP contribution in [0.2, 0.25) is 0 Å². The molecule has 9 heteroatoms. The average molecular weight is 480 g/mol. The highest BCUT2D eigenvalue weighted by Crippen LogP contribution is 2.34. The maximum absolute atomic E-state index is 12.7. The Morgan fingerprint density at radius 3 is 2.61 bits per heavy atom. The molecule has 0 bridgehead atoms. The van der Waals surface area contributed by atoms with Crippen molar-refractivity contribution in [2.24, 2.45) is 0 Å². The number of likely N-dealkylation sites (tertiary alicyclic amines) is 1. The van der Waals surface area contributed by atoms with Gasteiger partial charge in [-0.1, -0.05) is 31.4 Å². The van der Waals surface area contributed by atoms with Crippen LogP contribution in [0.5, 0.6) is 0 Å². The van der Waals surface area contributed by atoms with Crippen LogP contribution in [0.1, 0.15) is 34.0 Å². The van der Waals surface area contributed by atoms with Gasteiger partial charge in [-0.2, -0.15) is 0 Å². The first-order valence-electron chi connectivity index (χ1n) is 11.5. The molecule has 0 aliphatic carbocycles. The summed E-state index contributed by atoms with van der Waals surface area (Å²) in [6.45, 7) is 8.54. The number of nitrogens with two attached hydrogens (primary N) is 1.